The van der Waals surface area contributed by atoms with Gasteiger partial charge in [-0.1, -0.05) is 12.1 Å². The summed E-state index contributed by atoms with van der Waals surface area (Å²) >= 11 is 0. The normalized spacial score (nSPS) is 10.0. The Labute approximate surface area is 156 Å². The number of nitrogens with zero attached hydrogens (tertiary/aromatic N) is 3. The molecule has 142 valence electrons. The van der Waals surface area contributed by atoms with E-state index in [2.05, 4.69) is 15.4 Å². The van der Waals surface area contributed by atoms with Gasteiger partial charge in [0.1, 0.15) is 17.9 Å². The average Bonchev–Trinajstić information content (AvgIpc) is 3.11. The van der Waals surface area contributed by atoms with Gasteiger partial charge < -0.3 is 20.0 Å². The zero-order valence-corrected chi connectivity index (χ0v) is 15.3. The van der Waals surface area contributed by atoms with Crippen LogP contribution in [-0.4, -0.2) is 46.1 Å². The summed E-state index contributed by atoms with van der Waals surface area (Å²) in [4.78, 5) is 23.7. The highest BCUT2D eigenvalue weighted by Gasteiger charge is 2.05. The number of benzene rings is 1. The van der Waals surface area contributed by atoms with E-state index in [0.717, 1.165) is 34.8 Å². The predicted octanol–water partition coefficient (Wildman–Crippen LogP) is 2.89. The van der Waals surface area contributed by atoms with Crippen LogP contribution < -0.4 is 10.1 Å². The number of hydrogen-bond donors (Lipinski definition) is 2. The lowest BCUT2D eigenvalue weighted by Gasteiger charge is -2.04. The Morgan fingerprint density at radius 2 is 2.15 bits per heavy atom. The number of carbonyl (C=O) groups excluding carboxylic acids is 1. The van der Waals surface area contributed by atoms with Gasteiger partial charge in [0.2, 0.25) is 0 Å². The third kappa shape index (κ3) is 5.81. The first kappa shape index (κ1) is 19.9. The van der Waals surface area contributed by atoms with Crippen LogP contribution in [0.15, 0.2) is 42.6 Å². The van der Waals surface area contributed by atoms with Crippen LogP contribution in [0.3, 0.4) is 0 Å². The molecule has 3 rings (SSSR count). The summed E-state index contributed by atoms with van der Waals surface area (Å²) in [5, 5.41) is 15.6. The lowest BCUT2D eigenvalue weighted by atomic mass is 10.1. The summed E-state index contributed by atoms with van der Waals surface area (Å²) in [5.74, 6) is 0.781. The number of aldehydes is 1. The van der Waals surface area contributed by atoms with Gasteiger partial charge in [-0.05, 0) is 30.7 Å². The minimum Gasteiger partial charge on any atom is -0.497 e. The maximum atomic E-state index is 9.76. The molecule has 2 N–H and O–H groups in total. The number of carbonyl (C=O) groups is 2. The van der Waals surface area contributed by atoms with E-state index in [-0.39, 0.29) is 6.42 Å². The number of ether oxygens (including phenoxy) is 1. The van der Waals surface area contributed by atoms with Gasteiger partial charge in [0.15, 0.2) is 5.65 Å². The van der Waals surface area contributed by atoms with E-state index in [1.165, 1.54) is 0 Å². The molecular weight excluding hydrogens is 348 g/mol. The number of fused-ring (bicyclic) bond motifs is 1. The fourth-order valence-electron chi connectivity index (χ4n) is 2.28. The largest absolute Gasteiger partial charge is 0.497 e. The number of imidazole rings is 1. The minimum absolute atomic E-state index is 0.0960. The summed E-state index contributed by atoms with van der Waals surface area (Å²) < 4.78 is 6.99. The smallest absolute Gasteiger partial charge is 0.303 e. The first-order chi connectivity index (χ1) is 13.1. The van der Waals surface area contributed by atoms with Crippen LogP contribution >= 0.6 is 0 Å². The molecule has 0 unspecified atom stereocenters. The highest BCUT2D eigenvalue weighted by Crippen LogP contribution is 2.22. The average molecular weight is 370 g/mol. The van der Waals surface area contributed by atoms with Crippen LogP contribution in [0, 0.1) is 0 Å². The van der Waals surface area contributed by atoms with Gasteiger partial charge in [0.25, 0.3) is 0 Å². The Hall–Kier alpha value is -3.42. The second kappa shape index (κ2) is 9.91. The third-order valence-corrected chi connectivity index (χ3v) is 3.65. The zero-order chi connectivity index (χ0) is 19.6. The molecule has 0 aliphatic rings. The molecule has 2 aromatic heterocycles. The van der Waals surface area contributed by atoms with E-state index < -0.39 is 5.97 Å². The highest BCUT2D eigenvalue weighted by molar-refractivity contribution is 5.67. The number of carboxylic acid groups (broad SMARTS) is 1. The Morgan fingerprint density at radius 1 is 1.33 bits per heavy atom. The number of aromatic nitrogens is 3. The first-order valence-electron chi connectivity index (χ1n) is 8.41. The molecule has 8 nitrogen and oxygen atoms in total. The van der Waals surface area contributed by atoms with E-state index in [0.29, 0.717) is 12.8 Å². The van der Waals surface area contributed by atoms with Gasteiger partial charge in [-0.15, -0.1) is 0 Å². The van der Waals surface area contributed by atoms with Crippen molar-refractivity contribution in [2.24, 2.45) is 0 Å². The fourth-order valence-corrected chi connectivity index (χ4v) is 2.28. The number of rotatable bonds is 7. The molecule has 0 saturated heterocycles. The molecule has 0 aliphatic carbocycles. The van der Waals surface area contributed by atoms with E-state index in [4.69, 9.17) is 9.84 Å². The Morgan fingerprint density at radius 3 is 2.81 bits per heavy atom. The maximum absolute atomic E-state index is 9.76. The molecule has 0 fully saturated rings. The Kier molecular flexibility index (Phi) is 7.30. The summed E-state index contributed by atoms with van der Waals surface area (Å²) in [6, 6.07) is 11.7. The van der Waals surface area contributed by atoms with Crippen LogP contribution in [0.5, 0.6) is 5.75 Å². The molecule has 0 atom stereocenters. The van der Waals surface area contributed by atoms with E-state index in [1.54, 1.807) is 11.6 Å². The molecule has 0 amide bonds. The van der Waals surface area contributed by atoms with Gasteiger partial charge >= 0.3 is 5.97 Å². The van der Waals surface area contributed by atoms with Crippen molar-refractivity contribution in [3.05, 3.63) is 42.6 Å². The number of hydrogen-bond acceptors (Lipinski definition) is 6. The molecule has 0 saturated carbocycles. The van der Waals surface area contributed by atoms with Gasteiger partial charge in [0.05, 0.1) is 19.0 Å². The van der Waals surface area contributed by atoms with E-state index in [1.807, 2.05) is 49.6 Å². The quantitative estimate of drug-likeness (QED) is 0.486. The van der Waals surface area contributed by atoms with Gasteiger partial charge in [0, 0.05) is 25.5 Å². The number of methoxy groups -OCH3 is 1. The second-order valence-corrected chi connectivity index (χ2v) is 5.58. The van der Waals surface area contributed by atoms with Gasteiger partial charge in [-0.3, -0.25) is 4.79 Å². The highest BCUT2D eigenvalue weighted by atomic mass is 16.5. The fraction of sp³-hybridized carbons (Fsp3) is 0.263. The molecule has 3 aromatic rings. The summed E-state index contributed by atoms with van der Waals surface area (Å²) in [6.45, 7) is 0. The van der Waals surface area contributed by atoms with Crippen molar-refractivity contribution < 1.29 is 19.4 Å². The molecule has 0 spiro atoms. The maximum Gasteiger partial charge on any atom is 0.303 e. The van der Waals surface area contributed by atoms with Crippen molar-refractivity contribution >= 4 is 23.7 Å². The number of unbranched alkanes of at least 4 members (excludes halogenated alkanes) is 1. The Bertz CT molecular complexity index is 908. The van der Waals surface area contributed by atoms with Crippen molar-refractivity contribution in [1.29, 1.82) is 0 Å². The SMILES string of the molecule is CNc1cn2nc(-c3cccc(OC)c3)ccc2n1.O=CCCCC(=O)O. The van der Waals surface area contributed by atoms with Crippen LogP contribution in [0.4, 0.5) is 5.82 Å². The number of nitrogens with one attached hydrogen (secondary N) is 1. The van der Waals surface area contributed by atoms with Crippen molar-refractivity contribution in [3.8, 4) is 17.0 Å². The molecule has 27 heavy (non-hydrogen) atoms. The molecule has 0 aliphatic heterocycles. The van der Waals surface area contributed by atoms with Crippen molar-refractivity contribution in [2.45, 2.75) is 19.3 Å². The van der Waals surface area contributed by atoms with Crippen LogP contribution in [0.25, 0.3) is 16.9 Å². The summed E-state index contributed by atoms with van der Waals surface area (Å²) in [5.41, 5.74) is 2.71. The minimum atomic E-state index is -0.841. The lowest BCUT2D eigenvalue weighted by Crippen LogP contribution is -1.93. The third-order valence-electron chi connectivity index (χ3n) is 3.65. The number of carboxylic acids is 1. The predicted molar refractivity (Wildman–Crippen MR) is 102 cm³/mol. The summed E-state index contributed by atoms with van der Waals surface area (Å²) in [7, 11) is 3.50. The van der Waals surface area contributed by atoms with E-state index in [9.17, 15) is 9.59 Å². The molecule has 2 heterocycles. The standard InChI is InChI=1S/C14H14N4O.C5H8O3/c1-15-13-9-18-14(16-13)7-6-12(17-18)10-4-3-5-11(8-10)19-2;6-4-2-1-3-5(7)8/h3-9,15H,1-2H3;4H,1-3H2,(H,7,8). The number of aliphatic carboxylic acids is 1. The number of anilines is 1. The second-order valence-electron chi connectivity index (χ2n) is 5.58. The molecule has 0 radical (unpaired) electrons. The van der Waals surface area contributed by atoms with Crippen molar-refractivity contribution in [1.82, 2.24) is 14.6 Å². The molecule has 0 bridgehead atoms. The lowest BCUT2D eigenvalue weighted by molar-refractivity contribution is -0.137. The first-order valence-corrected chi connectivity index (χ1v) is 8.41. The Balaban J connectivity index is 0.000000279. The van der Waals surface area contributed by atoms with Crippen LogP contribution in [0.1, 0.15) is 19.3 Å². The monoisotopic (exact) mass is 370 g/mol. The van der Waals surface area contributed by atoms with Crippen molar-refractivity contribution in [3.63, 3.8) is 0 Å². The zero-order valence-electron chi connectivity index (χ0n) is 15.3. The molecular formula is C19H22N4O4. The molecule has 8 heteroatoms. The van der Waals surface area contributed by atoms with Crippen LogP contribution in [0.2, 0.25) is 0 Å². The molecule has 1 aromatic carbocycles. The summed E-state index contributed by atoms with van der Waals surface area (Å²) in [6.07, 6.45) is 3.49. The topological polar surface area (TPSA) is 106 Å². The van der Waals surface area contributed by atoms with Gasteiger partial charge in [-0.2, -0.15) is 5.10 Å². The van der Waals surface area contributed by atoms with E-state index >= 15 is 0 Å². The van der Waals surface area contributed by atoms with Crippen molar-refractivity contribution in [2.75, 3.05) is 19.5 Å². The van der Waals surface area contributed by atoms with Gasteiger partial charge in [-0.25, -0.2) is 9.50 Å². The van der Waals surface area contributed by atoms with Crippen LogP contribution in [-0.2, 0) is 9.59 Å².